The van der Waals surface area contributed by atoms with Crippen LogP contribution < -0.4 is 5.32 Å². The van der Waals surface area contributed by atoms with Gasteiger partial charge in [0.1, 0.15) is 6.04 Å². The van der Waals surface area contributed by atoms with Crippen molar-refractivity contribution in [2.24, 2.45) is 5.92 Å². The van der Waals surface area contributed by atoms with Crippen LogP contribution in [0.3, 0.4) is 0 Å². The number of hydrogen-bond acceptors (Lipinski definition) is 4. The van der Waals surface area contributed by atoms with E-state index in [0.717, 1.165) is 9.87 Å². The van der Waals surface area contributed by atoms with Gasteiger partial charge in [0.15, 0.2) is 0 Å². The van der Waals surface area contributed by atoms with Crippen LogP contribution in [0.25, 0.3) is 0 Å². The Bertz CT molecular complexity index is 1140. The van der Waals surface area contributed by atoms with E-state index in [1.807, 2.05) is 20.8 Å². The van der Waals surface area contributed by atoms with E-state index in [0.29, 0.717) is 28.6 Å². The summed E-state index contributed by atoms with van der Waals surface area (Å²) in [5, 5.41) is 3.68. The van der Waals surface area contributed by atoms with E-state index < -0.39 is 28.5 Å². The number of carbonyl (C=O) groups excluding carboxylic acids is 2. The molecule has 1 unspecified atom stereocenters. The fourth-order valence-corrected chi connectivity index (χ4v) is 5.02. The third-order valence-electron chi connectivity index (χ3n) is 5.51. The Balaban J connectivity index is 2.35. The maximum Gasteiger partial charge on any atom is 0.243 e. The predicted octanol–water partition coefficient (Wildman–Crippen LogP) is 4.50. The Hall–Kier alpha value is -2.13. The first-order valence-corrected chi connectivity index (χ1v) is 13.6. The van der Waals surface area contributed by atoms with Gasteiger partial charge in [0, 0.05) is 30.2 Å². The van der Waals surface area contributed by atoms with Gasteiger partial charge in [0.25, 0.3) is 0 Å². The summed E-state index contributed by atoms with van der Waals surface area (Å²) >= 11 is 12.4. The molecule has 0 aliphatic heterocycles. The highest BCUT2D eigenvalue weighted by atomic mass is 35.5. The van der Waals surface area contributed by atoms with Crippen LogP contribution >= 0.6 is 23.2 Å². The number of benzene rings is 2. The smallest absolute Gasteiger partial charge is 0.243 e. The average Bonchev–Trinajstić information content (AvgIpc) is 2.79. The molecule has 2 aromatic rings. The van der Waals surface area contributed by atoms with Gasteiger partial charge in [-0.25, -0.2) is 8.42 Å². The number of carbonyl (C=O) groups is 2. The summed E-state index contributed by atoms with van der Waals surface area (Å²) in [6.45, 7) is 7.66. The van der Waals surface area contributed by atoms with Gasteiger partial charge in [-0.05, 0) is 49.1 Å². The van der Waals surface area contributed by atoms with Crippen molar-refractivity contribution in [1.29, 1.82) is 0 Å². The molecule has 0 saturated carbocycles. The highest BCUT2D eigenvalue weighted by Crippen LogP contribution is 2.24. The van der Waals surface area contributed by atoms with Crippen LogP contribution in [0.1, 0.15) is 38.3 Å². The Morgan fingerprint density at radius 2 is 1.69 bits per heavy atom. The lowest BCUT2D eigenvalue weighted by Crippen LogP contribution is -2.52. The van der Waals surface area contributed by atoms with E-state index in [-0.39, 0.29) is 23.3 Å². The lowest BCUT2D eigenvalue weighted by molar-refractivity contribution is -0.141. The third kappa shape index (κ3) is 7.93. The molecule has 1 N–H and O–H groups in total. The van der Waals surface area contributed by atoms with Gasteiger partial charge in [0.05, 0.1) is 11.4 Å². The number of likely N-dealkylation sites (N-methyl/N-ethyl adjacent to an activating group) is 1. The van der Waals surface area contributed by atoms with Crippen molar-refractivity contribution >= 4 is 45.0 Å². The predicted molar refractivity (Wildman–Crippen MR) is 140 cm³/mol. The number of hydrogen-bond donors (Lipinski definition) is 1. The minimum absolute atomic E-state index is 0.0286. The van der Waals surface area contributed by atoms with Crippen LogP contribution in [-0.4, -0.2) is 55.6 Å². The summed E-state index contributed by atoms with van der Waals surface area (Å²) in [6, 6.07) is 10.5. The average molecular weight is 543 g/mol. The standard InChI is InChI=1S/C25H33Cl2N3O4S/c1-6-23(25(32)28-14-17(2)3)30(15-19-9-10-20(26)13-22(19)27)24(31)16-29(5)35(33,34)21-11-7-18(4)8-12-21/h7-13,17,23H,6,14-16H2,1-5H3,(H,28,32). The van der Waals surface area contributed by atoms with Crippen LogP contribution in [0, 0.1) is 12.8 Å². The Morgan fingerprint density at radius 1 is 1.06 bits per heavy atom. The van der Waals surface area contributed by atoms with Gasteiger partial charge in [0.2, 0.25) is 21.8 Å². The molecule has 2 amide bonds. The lowest BCUT2D eigenvalue weighted by atomic mass is 10.1. The van der Waals surface area contributed by atoms with Crippen LogP contribution in [0.2, 0.25) is 10.0 Å². The first kappa shape index (κ1) is 29.1. The van der Waals surface area contributed by atoms with Gasteiger partial charge < -0.3 is 10.2 Å². The van der Waals surface area contributed by atoms with Crippen molar-refractivity contribution in [2.75, 3.05) is 20.1 Å². The van der Waals surface area contributed by atoms with Crippen LogP contribution in [-0.2, 0) is 26.2 Å². The number of amides is 2. The summed E-state index contributed by atoms with van der Waals surface area (Å²) in [6.07, 6.45) is 0.343. The topological polar surface area (TPSA) is 86.8 Å². The molecule has 35 heavy (non-hydrogen) atoms. The van der Waals surface area contributed by atoms with Crippen molar-refractivity contribution in [3.8, 4) is 0 Å². The van der Waals surface area contributed by atoms with Crippen molar-refractivity contribution < 1.29 is 18.0 Å². The molecular weight excluding hydrogens is 509 g/mol. The van der Waals surface area contributed by atoms with Gasteiger partial charge >= 0.3 is 0 Å². The highest BCUT2D eigenvalue weighted by Gasteiger charge is 2.32. The molecule has 2 aromatic carbocycles. The summed E-state index contributed by atoms with van der Waals surface area (Å²) in [5.41, 5.74) is 1.52. The molecule has 192 valence electrons. The fraction of sp³-hybridized carbons (Fsp3) is 0.440. The first-order chi connectivity index (χ1) is 16.4. The molecule has 7 nitrogen and oxygen atoms in total. The molecule has 10 heteroatoms. The second kappa shape index (κ2) is 12.7. The number of nitrogens with zero attached hydrogens (tertiary/aromatic N) is 2. The molecule has 0 spiro atoms. The van der Waals surface area contributed by atoms with Crippen molar-refractivity contribution in [3.05, 3.63) is 63.6 Å². The van der Waals surface area contributed by atoms with E-state index in [1.54, 1.807) is 37.3 Å². The van der Waals surface area contributed by atoms with Crippen molar-refractivity contribution in [3.63, 3.8) is 0 Å². The molecule has 0 heterocycles. The molecular formula is C25H33Cl2N3O4S. The highest BCUT2D eigenvalue weighted by molar-refractivity contribution is 7.89. The van der Waals surface area contributed by atoms with Gasteiger partial charge in [-0.2, -0.15) is 4.31 Å². The number of nitrogens with one attached hydrogen (secondary N) is 1. The molecule has 0 bridgehead atoms. The number of rotatable bonds is 11. The summed E-state index contributed by atoms with van der Waals surface area (Å²) < 4.78 is 27.1. The fourth-order valence-electron chi connectivity index (χ4n) is 3.43. The molecule has 1 atom stereocenters. The van der Waals surface area contributed by atoms with Crippen molar-refractivity contribution in [1.82, 2.24) is 14.5 Å². The maximum atomic E-state index is 13.5. The van der Waals surface area contributed by atoms with Gasteiger partial charge in [-0.3, -0.25) is 9.59 Å². The zero-order chi connectivity index (χ0) is 26.3. The van der Waals surface area contributed by atoms with Crippen molar-refractivity contribution in [2.45, 2.75) is 51.6 Å². The second-order valence-corrected chi connectivity index (χ2v) is 11.8. The van der Waals surface area contributed by atoms with Crippen LogP contribution in [0.4, 0.5) is 0 Å². The monoisotopic (exact) mass is 541 g/mol. The third-order valence-corrected chi connectivity index (χ3v) is 7.92. The Labute approximate surface area is 218 Å². The molecule has 0 aromatic heterocycles. The largest absolute Gasteiger partial charge is 0.354 e. The second-order valence-electron chi connectivity index (χ2n) is 8.89. The van der Waals surface area contributed by atoms with E-state index in [2.05, 4.69) is 5.32 Å². The molecule has 0 radical (unpaired) electrons. The van der Waals surface area contributed by atoms with Crippen LogP contribution in [0.15, 0.2) is 47.4 Å². The molecule has 0 aliphatic carbocycles. The molecule has 0 fully saturated rings. The normalized spacial score (nSPS) is 12.6. The number of aryl methyl sites for hydroxylation is 1. The Morgan fingerprint density at radius 3 is 2.23 bits per heavy atom. The minimum atomic E-state index is -3.90. The van der Waals surface area contributed by atoms with E-state index in [1.165, 1.54) is 24.1 Å². The number of halogens is 2. The van der Waals surface area contributed by atoms with E-state index >= 15 is 0 Å². The van der Waals surface area contributed by atoms with Crippen LogP contribution in [0.5, 0.6) is 0 Å². The zero-order valence-electron chi connectivity index (χ0n) is 20.7. The zero-order valence-corrected chi connectivity index (χ0v) is 23.0. The van der Waals surface area contributed by atoms with E-state index in [9.17, 15) is 18.0 Å². The van der Waals surface area contributed by atoms with Gasteiger partial charge in [-0.1, -0.05) is 67.7 Å². The molecule has 0 aliphatic rings. The first-order valence-electron chi connectivity index (χ1n) is 11.4. The van der Waals surface area contributed by atoms with E-state index in [4.69, 9.17) is 23.2 Å². The Kier molecular flexibility index (Phi) is 10.6. The minimum Gasteiger partial charge on any atom is -0.354 e. The van der Waals surface area contributed by atoms with Gasteiger partial charge in [-0.15, -0.1) is 0 Å². The SMILES string of the molecule is CCC(C(=O)NCC(C)C)N(Cc1ccc(Cl)cc1Cl)C(=O)CN(C)S(=O)(=O)c1ccc(C)cc1. The lowest BCUT2D eigenvalue weighted by Gasteiger charge is -2.32. The summed E-state index contributed by atoms with van der Waals surface area (Å²) in [4.78, 5) is 28.0. The molecule has 0 saturated heterocycles. The maximum absolute atomic E-state index is 13.5. The summed E-state index contributed by atoms with van der Waals surface area (Å²) in [5.74, 6) is -0.582. The number of sulfonamides is 1. The molecule has 2 rings (SSSR count). The quantitative estimate of drug-likeness (QED) is 0.453. The summed E-state index contributed by atoms with van der Waals surface area (Å²) in [7, 11) is -2.56.